The van der Waals surface area contributed by atoms with Crippen LogP contribution in [0.5, 0.6) is 0 Å². The van der Waals surface area contributed by atoms with Crippen LogP contribution in [0.2, 0.25) is 0 Å². The van der Waals surface area contributed by atoms with Crippen molar-refractivity contribution in [1.82, 2.24) is 0 Å². The van der Waals surface area contributed by atoms with Gasteiger partial charge in [0.05, 0.1) is 6.61 Å². The zero-order valence-corrected chi connectivity index (χ0v) is 11.9. The molecule has 19 heavy (non-hydrogen) atoms. The van der Waals surface area contributed by atoms with Crippen molar-refractivity contribution in [3.63, 3.8) is 0 Å². The fourth-order valence-electron chi connectivity index (χ4n) is 2.74. The normalized spacial score (nSPS) is 20.9. The molecule has 0 radical (unpaired) electrons. The maximum Gasteiger partial charge on any atom is 0.126 e. The van der Waals surface area contributed by atoms with Gasteiger partial charge in [0.1, 0.15) is 5.82 Å². The lowest BCUT2D eigenvalue weighted by Gasteiger charge is -2.24. The molecule has 0 spiro atoms. The van der Waals surface area contributed by atoms with Gasteiger partial charge in [0.2, 0.25) is 0 Å². The summed E-state index contributed by atoms with van der Waals surface area (Å²) >= 11 is 0. The summed E-state index contributed by atoms with van der Waals surface area (Å²) in [5, 5.41) is 0. The second-order valence-electron chi connectivity index (χ2n) is 5.50. The molecule has 0 aliphatic carbocycles. The smallest absolute Gasteiger partial charge is 0.126 e. The van der Waals surface area contributed by atoms with Crippen molar-refractivity contribution in [3.8, 4) is 0 Å². The molecule has 1 heterocycles. The first-order chi connectivity index (χ1) is 9.02. The van der Waals surface area contributed by atoms with E-state index in [0.717, 1.165) is 37.4 Å². The third-order valence-electron chi connectivity index (χ3n) is 3.83. The predicted molar refractivity (Wildman–Crippen MR) is 75.9 cm³/mol. The van der Waals surface area contributed by atoms with Gasteiger partial charge in [0.25, 0.3) is 0 Å². The van der Waals surface area contributed by atoms with Crippen molar-refractivity contribution in [1.29, 1.82) is 0 Å². The van der Waals surface area contributed by atoms with Gasteiger partial charge in [-0.15, -0.1) is 0 Å². The molecule has 106 valence electrons. The van der Waals surface area contributed by atoms with E-state index in [4.69, 9.17) is 10.5 Å². The minimum Gasteiger partial charge on any atom is -0.384 e. The molecule has 1 aliphatic heterocycles. The lowest BCUT2D eigenvalue weighted by molar-refractivity contribution is 0.161. The molecule has 1 saturated heterocycles. The van der Waals surface area contributed by atoms with Crippen LogP contribution in [0.1, 0.15) is 30.5 Å². The number of hydrogen-bond acceptors (Lipinski definition) is 3. The zero-order chi connectivity index (χ0) is 14.0. The number of rotatable bonds is 4. The monoisotopic (exact) mass is 266 g/mol. The average molecular weight is 266 g/mol. The summed E-state index contributed by atoms with van der Waals surface area (Å²) in [6.45, 7) is 6.42. The lowest BCUT2D eigenvalue weighted by atomic mass is 10.0. The van der Waals surface area contributed by atoms with Crippen molar-refractivity contribution in [2.75, 3.05) is 31.7 Å². The summed E-state index contributed by atoms with van der Waals surface area (Å²) in [4.78, 5) is 2.30. The Morgan fingerprint density at radius 2 is 2.26 bits per heavy atom. The molecule has 0 saturated carbocycles. The molecule has 1 fully saturated rings. The van der Waals surface area contributed by atoms with Crippen LogP contribution in [-0.4, -0.2) is 26.8 Å². The summed E-state index contributed by atoms with van der Waals surface area (Å²) in [5.74, 6) is 0.375. The standard InChI is InChI=1S/C15H23FN2O/c1-10-6-15(13(11(2)17)7-14(10)16)18-5-4-12(8-18)9-19-3/h6-7,11-12H,4-5,8-9,17H2,1-3H3/t11-,12?/m1/s1. The van der Waals surface area contributed by atoms with Gasteiger partial charge in [-0.1, -0.05) is 0 Å². The van der Waals surface area contributed by atoms with Crippen molar-refractivity contribution in [2.24, 2.45) is 11.7 Å². The predicted octanol–water partition coefficient (Wildman–Crippen LogP) is 2.63. The van der Waals surface area contributed by atoms with E-state index in [-0.39, 0.29) is 11.9 Å². The zero-order valence-electron chi connectivity index (χ0n) is 11.9. The minimum atomic E-state index is -0.177. The fraction of sp³-hybridized carbons (Fsp3) is 0.600. The van der Waals surface area contributed by atoms with Gasteiger partial charge in [-0.05, 0) is 43.5 Å². The van der Waals surface area contributed by atoms with E-state index in [9.17, 15) is 4.39 Å². The lowest BCUT2D eigenvalue weighted by Crippen LogP contribution is -2.24. The quantitative estimate of drug-likeness (QED) is 0.910. The molecular formula is C15H23FN2O. The first kappa shape index (κ1) is 14.3. The topological polar surface area (TPSA) is 38.5 Å². The summed E-state index contributed by atoms with van der Waals surface area (Å²) < 4.78 is 18.9. The number of methoxy groups -OCH3 is 1. The molecule has 1 aliphatic rings. The van der Waals surface area contributed by atoms with Crippen LogP contribution < -0.4 is 10.6 Å². The van der Waals surface area contributed by atoms with Gasteiger partial charge in [-0.2, -0.15) is 0 Å². The van der Waals surface area contributed by atoms with E-state index in [1.54, 1.807) is 20.1 Å². The number of benzene rings is 1. The number of nitrogens with two attached hydrogens (primary N) is 1. The van der Waals surface area contributed by atoms with Crippen molar-refractivity contribution >= 4 is 5.69 Å². The Labute approximate surface area is 114 Å². The molecular weight excluding hydrogens is 243 g/mol. The van der Waals surface area contributed by atoms with Crippen LogP contribution >= 0.6 is 0 Å². The van der Waals surface area contributed by atoms with E-state index >= 15 is 0 Å². The highest BCUT2D eigenvalue weighted by Crippen LogP contribution is 2.32. The maximum absolute atomic E-state index is 13.7. The van der Waals surface area contributed by atoms with Crippen LogP contribution in [0.25, 0.3) is 0 Å². The molecule has 4 heteroatoms. The Morgan fingerprint density at radius 3 is 2.89 bits per heavy atom. The molecule has 2 atom stereocenters. The Kier molecular flexibility index (Phi) is 4.42. The Morgan fingerprint density at radius 1 is 1.53 bits per heavy atom. The number of hydrogen-bond donors (Lipinski definition) is 1. The fourth-order valence-corrected chi connectivity index (χ4v) is 2.74. The Hall–Kier alpha value is -1.13. The summed E-state index contributed by atoms with van der Waals surface area (Å²) in [6.07, 6.45) is 1.11. The van der Waals surface area contributed by atoms with Crippen LogP contribution in [0.4, 0.5) is 10.1 Å². The molecule has 0 amide bonds. The van der Waals surface area contributed by atoms with Crippen LogP contribution in [-0.2, 0) is 4.74 Å². The van der Waals surface area contributed by atoms with Crippen molar-refractivity contribution in [3.05, 3.63) is 29.1 Å². The molecule has 2 N–H and O–H groups in total. The highest BCUT2D eigenvalue weighted by molar-refractivity contribution is 5.57. The largest absolute Gasteiger partial charge is 0.384 e. The molecule has 1 unspecified atom stereocenters. The minimum absolute atomic E-state index is 0.161. The molecule has 2 rings (SSSR count). The van der Waals surface area contributed by atoms with E-state index in [1.807, 2.05) is 13.0 Å². The number of aryl methyl sites for hydroxylation is 1. The van der Waals surface area contributed by atoms with Crippen LogP contribution in [0.15, 0.2) is 12.1 Å². The van der Waals surface area contributed by atoms with Gasteiger partial charge >= 0.3 is 0 Å². The van der Waals surface area contributed by atoms with Gasteiger partial charge in [0, 0.05) is 37.8 Å². The molecule has 1 aromatic carbocycles. The molecule has 0 bridgehead atoms. The van der Waals surface area contributed by atoms with Crippen molar-refractivity contribution in [2.45, 2.75) is 26.3 Å². The van der Waals surface area contributed by atoms with Gasteiger partial charge in [-0.25, -0.2) is 4.39 Å². The third kappa shape index (κ3) is 3.07. The molecule has 0 aromatic heterocycles. The second kappa shape index (κ2) is 5.88. The maximum atomic E-state index is 13.7. The molecule has 1 aromatic rings. The van der Waals surface area contributed by atoms with E-state index < -0.39 is 0 Å². The first-order valence-electron chi connectivity index (χ1n) is 6.82. The molecule has 3 nitrogen and oxygen atoms in total. The van der Waals surface area contributed by atoms with E-state index in [2.05, 4.69) is 4.90 Å². The first-order valence-corrected chi connectivity index (χ1v) is 6.82. The second-order valence-corrected chi connectivity index (χ2v) is 5.50. The SMILES string of the molecule is COCC1CCN(c2cc(C)c(F)cc2[C@@H](C)N)C1. The Bertz CT molecular complexity index is 448. The third-order valence-corrected chi connectivity index (χ3v) is 3.83. The number of halogens is 1. The van der Waals surface area contributed by atoms with Gasteiger partial charge in [0.15, 0.2) is 0 Å². The summed E-state index contributed by atoms with van der Waals surface area (Å²) in [7, 11) is 1.73. The van der Waals surface area contributed by atoms with E-state index in [1.165, 1.54) is 0 Å². The Balaban J connectivity index is 2.26. The van der Waals surface area contributed by atoms with E-state index in [0.29, 0.717) is 11.5 Å². The van der Waals surface area contributed by atoms with Crippen LogP contribution in [0.3, 0.4) is 0 Å². The van der Waals surface area contributed by atoms with Gasteiger partial charge in [-0.3, -0.25) is 0 Å². The average Bonchev–Trinajstić information content (AvgIpc) is 2.81. The summed E-state index contributed by atoms with van der Waals surface area (Å²) in [5.41, 5.74) is 8.62. The highest BCUT2D eigenvalue weighted by atomic mass is 19.1. The highest BCUT2D eigenvalue weighted by Gasteiger charge is 2.25. The number of ether oxygens (including phenoxy) is 1. The van der Waals surface area contributed by atoms with Gasteiger partial charge < -0.3 is 15.4 Å². The summed E-state index contributed by atoms with van der Waals surface area (Å²) in [6, 6.07) is 3.34. The number of anilines is 1. The van der Waals surface area contributed by atoms with Crippen molar-refractivity contribution < 1.29 is 9.13 Å². The number of nitrogens with zero attached hydrogens (tertiary/aromatic N) is 1. The van der Waals surface area contributed by atoms with Crippen LogP contribution in [0, 0.1) is 18.7 Å².